The molecular weight excluding hydrogens is 370 g/mol. The molecule has 1 aliphatic heterocycles. The van der Waals surface area contributed by atoms with Gasteiger partial charge in [-0.25, -0.2) is 0 Å². The van der Waals surface area contributed by atoms with Crippen molar-refractivity contribution in [3.8, 4) is 0 Å². The highest BCUT2D eigenvalue weighted by Crippen LogP contribution is 2.38. The van der Waals surface area contributed by atoms with Gasteiger partial charge < -0.3 is 19.9 Å². The third kappa shape index (κ3) is 3.76. The fraction of sp³-hybridized carbons (Fsp3) is 0.286. The molecule has 28 heavy (non-hydrogen) atoms. The zero-order chi connectivity index (χ0) is 19.3. The Balaban J connectivity index is 1.70. The number of aromatic nitrogens is 3. The van der Waals surface area contributed by atoms with E-state index in [-0.39, 0.29) is 18.7 Å². The zero-order valence-corrected chi connectivity index (χ0v) is 16.3. The summed E-state index contributed by atoms with van der Waals surface area (Å²) < 4.78 is 2.24. The molecule has 7 heteroatoms. The van der Waals surface area contributed by atoms with E-state index in [2.05, 4.69) is 49.1 Å². The van der Waals surface area contributed by atoms with Crippen LogP contribution in [-0.2, 0) is 6.54 Å². The molecule has 1 aliphatic rings. The molecule has 0 saturated carbocycles. The number of nitrogens with one attached hydrogen (secondary N) is 1. The monoisotopic (exact) mass is 393 g/mol. The number of rotatable bonds is 7. The average Bonchev–Trinajstić information content (AvgIpc) is 3.31. The van der Waals surface area contributed by atoms with E-state index in [4.69, 9.17) is 12.2 Å². The van der Waals surface area contributed by atoms with Crippen LogP contribution in [-0.4, -0.2) is 42.8 Å². The molecule has 144 valence electrons. The van der Waals surface area contributed by atoms with Crippen molar-refractivity contribution in [1.82, 2.24) is 24.8 Å². The van der Waals surface area contributed by atoms with Gasteiger partial charge in [0.1, 0.15) is 0 Å². The molecule has 0 aliphatic carbocycles. The summed E-state index contributed by atoms with van der Waals surface area (Å²) in [4.78, 5) is 11.0. The lowest BCUT2D eigenvalue weighted by atomic mass is 10.0. The lowest BCUT2D eigenvalue weighted by molar-refractivity contribution is 0.243. The molecule has 1 fully saturated rings. The Bertz CT molecular complexity index is 915. The highest BCUT2D eigenvalue weighted by Gasteiger charge is 2.40. The summed E-state index contributed by atoms with van der Waals surface area (Å²) in [5.41, 5.74) is 3.25. The van der Waals surface area contributed by atoms with Crippen molar-refractivity contribution in [2.75, 3.05) is 13.2 Å². The fourth-order valence-corrected chi connectivity index (χ4v) is 4.07. The maximum absolute atomic E-state index is 9.35. The SMILES string of the molecule is OCCCN1C(=S)NC(c2ccccn2)C1c1cccn1Cc1cccnc1. The van der Waals surface area contributed by atoms with E-state index >= 15 is 0 Å². The average molecular weight is 394 g/mol. The number of pyridine rings is 2. The molecule has 4 rings (SSSR count). The Morgan fingerprint density at radius 1 is 1.11 bits per heavy atom. The first-order valence-corrected chi connectivity index (χ1v) is 9.81. The summed E-state index contributed by atoms with van der Waals surface area (Å²) in [6, 6.07) is 14.1. The summed E-state index contributed by atoms with van der Waals surface area (Å²) in [6.45, 7) is 1.56. The van der Waals surface area contributed by atoms with Crippen molar-refractivity contribution in [3.05, 3.63) is 84.2 Å². The summed E-state index contributed by atoms with van der Waals surface area (Å²) in [6.07, 6.45) is 8.23. The number of nitrogens with zero attached hydrogens (tertiary/aromatic N) is 4. The van der Waals surface area contributed by atoms with Crippen LogP contribution in [0, 0.1) is 0 Å². The summed E-state index contributed by atoms with van der Waals surface area (Å²) in [7, 11) is 0. The Kier molecular flexibility index (Phi) is 5.64. The standard InChI is InChI=1S/C21H23N5OS/c27-13-5-12-26-20(19(24-21(26)28)17-7-1-2-10-23-17)18-8-4-11-25(18)15-16-6-3-9-22-14-16/h1-4,6-11,14,19-20,27H,5,12-13,15H2,(H,24,28). The second-order valence-corrected chi connectivity index (χ2v) is 7.21. The predicted molar refractivity (Wildman–Crippen MR) is 112 cm³/mol. The summed E-state index contributed by atoms with van der Waals surface area (Å²) in [5, 5.41) is 13.5. The van der Waals surface area contributed by atoms with E-state index in [0.29, 0.717) is 18.1 Å². The summed E-state index contributed by atoms with van der Waals surface area (Å²) in [5.74, 6) is 0. The molecular formula is C21H23N5OS. The molecule has 2 unspecified atom stereocenters. The Hall–Kier alpha value is -2.77. The van der Waals surface area contributed by atoms with Crippen molar-refractivity contribution >= 4 is 17.3 Å². The Labute approximate surface area is 169 Å². The second kappa shape index (κ2) is 8.50. The zero-order valence-electron chi connectivity index (χ0n) is 15.5. The van der Waals surface area contributed by atoms with Crippen LogP contribution < -0.4 is 5.32 Å². The normalized spacial score (nSPS) is 19.0. The van der Waals surface area contributed by atoms with Crippen LogP contribution in [0.15, 0.2) is 67.3 Å². The third-order valence-corrected chi connectivity index (χ3v) is 5.35. The highest BCUT2D eigenvalue weighted by atomic mass is 32.1. The molecule has 1 saturated heterocycles. The highest BCUT2D eigenvalue weighted by molar-refractivity contribution is 7.80. The largest absolute Gasteiger partial charge is 0.396 e. The molecule has 0 spiro atoms. The van der Waals surface area contributed by atoms with Crippen molar-refractivity contribution in [2.45, 2.75) is 25.0 Å². The first-order chi connectivity index (χ1) is 13.8. The van der Waals surface area contributed by atoms with Gasteiger partial charge in [0, 0.05) is 50.2 Å². The van der Waals surface area contributed by atoms with Crippen molar-refractivity contribution < 1.29 is 5.11 Å². The minimum Gasteiger partial charge on any atom is -0.396 e. The lowest BCUT2D eigenvalue weighted by Gasteiger charge is -2.28. The van der Waals surface area contributed by atoms with Gasteiger partial charge in [-0.1, -0.05) is 12.1 Å². The van der Waals surface area contributed by atoms with Crippen LogP contribution in [0.1, 0.15) is 35.5 Å². The molecule has 6 nitrogen and oxygen atoms in total. The third-order valence-electron chi connectivity index (χ3n) is 5.00. The van der Waals surface area contributed by atoms with Crippen LogP contribution in [0.25, 0.3) is 0 Å². The molecule has 0 aromatic carbocycles. The number of aliphatic hydroxyl groups excluding tert-OH is 1. The lowest BCUT2D eigenvalue weighted by Crippen LogP contribution is -2.32. The Morgan fingerprint density at radius 2 is 2.04 bits per heavy atom. The summed E-state index contributed by atoms with van der Waals surface area (Å²) >= 11 is 5.64. The molecule has 2 atom stereocenters. The quantitative estimate of drug-likeness (QED) is 0.602. The van der Waals surface area contributed by atoms with Gasteiger partial charge in [-0.15, -0.1) is 0 Å². The molecule has 0 radical (unpaired) electrons. The number of hydrogen-bond donors (Lipinski definition) is 2. The topological polar surface area (TPSA) is 66.2 Å². The van der Waals surface area contributed by atoms with Crippen LogP contribution >= 0.6 is 12.2 Å². The van der Waals surface area contributed by atoms with Gasteiger partial charge in [-0.05, 0) is 54.5 Å². The van der Waals surface area contributed by atoms with Crippen LogP contribution in [0.3, 0.4) is 0 Å². The molecule has 2 N–H and O–H groups in total. The molecule has 0 amide bonds. The molecule has 0 bridgehead atoms. The van der Waals surface area contributed by atoms with E-state index < -0.39 is 0 Å². The predicted octanol–water partition coefficient (Wildman–Crippen LogP) is 2.68. The number of thiocarbonyl (C=S) groups is 1. The van der Waals surface area contributed by atoms with E-state index in [0.717, 1.165) is 23.5 Å². The van der Waals surface area contributed by atoms with Crippen LogP contribution in [0.2, 0.25) is 0 Å². The minimum absolute atomic E-state index is 0.000575. The van der Waals surface area contributed by atoms with Gasteiger partial charge in [0.25, 0.3) is 0 Å². The van der Waals surface area contributed by atoms with E-state index in [1.807, 2.05) is 36.7 Å². The smallest absolute Gasteiger partial charge is 0.170 e. The van der Waals surface area contributed by atoms with Crippen molar-refractivity contribution in [3.63, 3.8) is 0 Å². The van der Waals surface area contributed by atoms with Gasteiger partial charge in [0.15, 0.2) is 5.11 Å². The molecule has 3 aromatic rings. The maximum atomic E-state index is 9.35. The number of aliphatic hydroxyl groups is 1. The first-order valence-electron chi connectivity index (χ1n) is 9.41. The van der Waals surface area contributed by atoms with E-state index in [1.165, 1.54) is 0 Å². The second-order valence-electron chi connectivity index (χ2n) is 6.82. The number of hydrogen-bond acceptors (Lipinski definition) is 4. The fourth-order valence-electron chi connectivity index (χ4n) is 3.74. The Morgan fingerprint density at radius 3 is 2.79 bits per heavy atom. The van der Waals surface area contributed by atoms with Crippen LogP contribution in [0.4, 0.5) is 0 Å². The van der Waals surface area contributed by atoms with Crippen molar-refractivity contribution in [2.24, 2.45) is 0 Å². The van der Waals surface area contributed by atoms with Crippen molar-refractivity contribution in [1.29, 1.82) is 0 Å². The van der Waals surface area contributed by atoms with Crippen LogP contribution in [0.5, 0.6) is 0 Å². The van der Waals surface area contributed by atoms with E-state index in [1.54, 1.807) is 6.20 Å². The van der Waals surface area contributed by atoms with Gasteiger partial charge >= 0.3 is 0 Å². The van der Waals surface area contributed by atoms with Gasteiger partial charge in [-0.3, -0.25) is 9.97 Å². The first kappa shape index (κ1) is 18.6. The minimum atomic E-state index is -0.0464. The molecule has 4 heterocycles. The molecule has 3 aromatic heterocycles. The maximum Gasteiger partial charge on any atom is 0.170 e. The van der Waals surface area contributed by atoms with Gasteiger partial charge in [0.05, 0.1) is 17.8 Å². The van der Waals surface area contributed by atoms with Gasteiger partial charge in [0.2, 0.25) is 0 Å². The van der Waals surface area contributed by atoms with E-state index in [9.17, 15) is 5.11 Å². The van der Waals surface area contributed by atoms with Gasteiger partial charge in [-0.2, -0.15) is 0 Å².